The lowest BCUT2D eigenvalue weighted by Crippen LogP contribution is -2.30. The van der Waals surface area contributed by atoms with Gasteiger partial charge in [-0.25, -0.2) is 0 Å². The second-order valence-corrected chi connectivity index (χ2v) is 6.72. The van der Waals surface area contributed by atoms with Crippen molar-refractivity contribution in [3.63, 3.8) is 0 Å². The smallest absolute Gasteiger partial charge is 0.155 e. The zero-order valence-electron chi connectivity index (χ0n) is 11.9. The molecular formula is C15H22ClN3. The number of nitrogens with zero attached hydrogens (tertiary/aromatic N) is 2. The third-order valence-corrected chi connectivity index (χ3v) is 5.62. The molecule has 4 heteroatoms. The molecule has 104 valence electrons. The van der Waals surface area contributed by atoms with Gasteiger partial charge in [0.25, 0.3) is 0 Å². The molecule has 1 aromatic rings. The van der Waals surface area contributed by atoms with Crippen LogP contribution >= 0.6 is 11.6 Å². The Morgan fingerprint density at radius 3 is 2.58 bits per heavy atom. The standard InChI is InChI=1S/C15H22ClN3/c1-8-9(2)15(19-18-14(8)16)17-10(3)13-7-11-4-5-12(13)6-11/h10-13H,4-7H2,1-3H3,(H,17,19). The van der Waals surface area contributed by atoms with Gasteiger partial charge in [-0.15, -0.1) is 10.2 Å². The van der Waals surface area contributed by atoms with Gasteiger partial charge >= 0.3 is 0 Å². The molecule has 2 saturated carbocycles. The van der Waals surface area contributed by atoms with E-state index in [1.54, 1.807) is 0 Å². The molecule has 3 rings (SSSR count). The first-order valence-electron chi connectivity index (χ1n) is 7.32. The van der Waals surface area contributed by atoms with Crippen molar-refractivity contribution in [1.29, 1.82) is 0 Å². The maximum atomic E-state index is 6.00. The average molecular weight is 280 g/mol. The maximum absolute atomic E-state index is 6.00. The number of nitrogens with one attached hydrogen (secondary N) is 1. The van der Waals surface area contributed by atoms with Crippen LogP contribution in [0.15, 0.2) is 0 Å². The molecule has 2 fully saturated rings. The van der Waals surface area contributed by atoms with E-state index in [1.165, 1.54) is 25.7 Å². The number of fused-ring (bicyclic) bond motifs is 2. The van der Waals surface area contributed by atoms with Gasteiger partial charge in [-0.2, -0.15) is 0 Å². The zero-order valence-corrected chi connectivity index (χ0v) is 12.7. The van der Waals surface area contributed by atoms with Gasteiger partial charge < -0.3 is 5.32 Å². The molecule has 0 aromatic carbocycles. The van der Waals surface area contributed by atoms with Crippen molar-refractivity contribution >= 4 is 17.4 Å². The minimum Gasteiger partial charge on any atom is -0.366 e. The molecular weight excluding hydrogens is 258 g/mol. The van der Waals surface area contributed by atoms with Gasteiger partial charge in [0.1, 0.15) is 0 Å². The molecule has 0 amide bonds. The molecule has 0 radical (unpaired) electrons. The molecule has 0 saturated heterocycles. The van der Waals surface area contributed by atoms with Gasteiger partial charge in [0.15, 0.2) is 11.0 Å². The van der Waals surface area contributed by atoms with Crippen LogP contribution in [0.4, 0.5) is 5.82 Å². The van der Waals surface area contributed by atoms with E-state index in [4.69, 9.17) is 11.6 Å². The lowest BCUT2D eigenvalue weighted by atomic mass is 9.84. The molecule has 4 unspecified atom stereocenters. The Morgan fingerprint density at radius 2 is 1.95 bits per heavy atom. The molecule has 0 aliphatic heterocycles. The molecule has 2 aliphatic rings. The first-order valence-corrected chi connectivity index (χ1v) is 7.70. The molecule has 3 nitrogen and oxygen atoms in total. The minimum absolute atomic E-state index is 0.476. The largest absolute Gasteiger partial charge is 0.366 e. The van der Waals surface area contributed by atoms with Crippen LogP contribution in [-0.2, 0) is 0 Å². The Morgan fingerprint density at radius 1 is 1.16 bits per heavy atom. The van der Waals surface area contributed by atoms with Crippen molar-refractivity contribution < 1.29 is 0 Å². The summed E-state index contributed by atoms with van der Waals surface area (Å²) in [7, 11) is 0. The predicted octanol–water partition coefficient (Wildman–Crippen LogP) is 3.98. The van der Waals surface area contributed by atoms with Gasteiger partial charge in [0.2, 0.25) is 0 Å². The summed E-state index contributed by atoms with van der Waals surface area (Å²) in [4.78, 5) is 0. The first-order chi connectivity index (χ1) is 9.06. The highest BCUT2D eigenvalue weighted by molar-refractivity contribution is 6.30. The van der Waals surface area contributed by atoms with E-state index in [0.29, 0.717) is 11.2 Å². The number of hydrogen-bond donors (Lipinski definition) is 1. The van der Waals surface area contributed by atoms with Crippen LogP contribution in [0.3, 0.4) is 0 Å². The second kappa shape index (κ2) is 4.93. The van der Waals surface area contributed by atoms with Gasteiger partial charge in [-0.05, 0) is 68.9 Å². The third kappa shape index (κ3) is 2.33. The number of hydrogen-bond acceptors (Lipinski definition) is 3. The normalized spacial score (nSPS) is 30.6. The molecule has 19 heavy (non-hydrogen) atoms. The topological polar surface area (TPSA) is 37.8 Å². The number of halogens is 1. The summed E-state index contributed by atoms with van der Waals surface area (Å²) in [5, 5.41) is 12.3. The zero-order chi connectivity index (χ0) is 13.6. The van der Waals surface area contributed by atoms with E-state index in [-0.39, 0.29) is 0 Å². The van der Waals surface area contributed by atoms with E-state index in [0.717, 1.165) is 34.7 Å². The molecule has 4 atom stereocenters. The van der Waals surface area contributed by atoms with Gasteiger partial charge in [-0.3, -0.25) is 0 Å². The van der Waals surface area contributed by atoms with Crippen LogP contribution in [0.5, 0.6) is 0 Å². The van der Waals surface area contributed by atoms with Gasteiger partial charge in [-0.1, -0.05) is 18.0 Å². The van der Waals surface area contributed by atoms with Crippen LogP contribution in [0.25, 0.3) is 0 Å². The van der Waals surface area contributed by atoms with E-state index in [1.807, 2.05) is 6.92 Å². The van der Waals surface area contributed by atoms with Crippen molar-refractivity contribution in [3.8, 4) is 0 Å². The summed E-state index contributed by atoms with van der Waals surface area (Å²) in [6, 6.07) is 0.476. The van der Waals surface area contributed by atoms with E-state index in [2.05, 4.69) is 29.4 Å². The lowest BCUT2D eigenvalue weighted by Gasteiger charge is -2.29. The summed E-state index contributed by atoms with van der Waals surface area (Å²) in [5.41, 5.74) is 2.15. The Balaban J connectivity index is 1.73. The maximum Gasteiger partial charge on any atom is 0.155 e. The van der Waals surface area contributed by atoms with Gasteiger partial charge in [0, 0.05) is 6.04 Å². The summed E-state index contributed by atoms with van der Waals surface area (Å²) in [6.07, 6.45) is 5.71. The average Bonchev–Trinajstić information content (AvgIpc) is 3.02. The number of anilines is 1. The van der Waals surface area contributed by atoms with E-state index < -0.39 is 0 Å². The van der Waals surface area contributed by atoms with Crippen LogP contribution in [0, 0.1) is 31.6 Å². The Labute approximate surface area is 120 Å². The van der Waals surface area contributed by atoms with Crippen molar-refractivity contribution in [2.75, 3.05) is 5.32 Å². The SMILES string of the molecule is Cc1c(Cl)nnc(NC(C)C2CC3CCC2C3)c1C. The fourth-order valence-corrected chi connectivity index (χ4v) is 4.12. The van der Waals surface area contributed by atoms with Gasteiger partial charge in [0.05, 0.1) is 0 Å². The second-order valence-electron chi connectivity index (χ2n) is 6.36. The number of rotatable bonds is 3. The summed E-state index contributed by atoms with van der Waals surface area (Å²) in [6.45, 7) is 6.35. The minimum atomic E-state index is 0.476. The summed E-state index contributed by atoms with van der Waals surface area (Å²) >= 11 is 6.00. The fraction of sp³-hybridized carbons (Fsp3) is 0.733. The van der Waals surface area contributed by atoms with Crippen molar-refractivity contribution in [2.24, 2.45) is 17.8 Å². The van der Waals surface area contributed by atoms with Crippen molar-refractivity contribution in [1.82, 2.24) is 10.2 Å². The highest BCUT2D eigenvalue weighted by Crippen LogP contribution is 2.49. The summed E-state index contributed by atoms with van der Waals surface area (Å²) < 4.78 is 0. The quantitative estimate of drug-likeness (QED) is 0.909. The molecule has 1 N–H and O–H groups in total. The molecule has 1 heterocycles. The third-order valence-electron chi connectivity index (χ3n) is 5.26. The van der Waals surface area contributed by atoms with Crippen LogP contribution in [0.1, 0.15) is 43.7 Å². The predicted molar refractivity (Wildman–Crippen MR) is 78.5 cm³/mol. The van der Waals surface area contributed by atoms with Crippen molar-refractivity contribution in [2.45, 2.75) is 52.5 Å². The molecule has 2 bridgehead atoms. The van der Waals surface area contributed by atoms with Crippen LogP contribution < -0.4 is 5.32 Å². The van der Waals surface area contributed by atoms with Crippen LogP contribution in [-0.4, -0.2) is 16.2 Å². The molecule has 2 aliphatic carbocycles. The number of aromatic nitrogens is 2. The Bertz CT molecular complexity index is 489. The summed E-state index contributed by atoms with van der Waals surface area (Å²) in [5.74, 6) is 3.61. The lowest BCUT2D eigenvalue weighted by molar-refractivity contribution is 0.303. The monoisotopic (exact) mass is 279 g/mol. The Hall–Kier alpha value is -0.830. The van der Waals surface area contributed by atoms with Crippen molar-refractivity contribution in [3.05, 3.63) is 16.3 Å². The fourth-order valence-electron chi connectivity index (χ4n) is 3.94. The Kier molecular flexibility index (Phi) is 3.42. The highest BCUT2D eigenvalue weighted by atomic mass is 35.5. The highest BCUT2D eigenvalue weighted by Gasteiger charge is 2.41. The van der Waals surface area contributed by atoms with E-state index in [9.17, 15) is 0 Å². The molecule has 0 spiro atoms. The van der Waals surface area contributed by atoms with E-state index >= 15 is 0 Å². The van der Waals surface area contributed by atoms with Crippen LogP contribution in [0.2, 0.25) is 5.15 Å². The first kappa shape index (κ1) is 13.2. The molecule has 1 aromatic heterocycles.